The third kappa shape index (κ3) is 5.38. The first-order valence-electron chi connectivity index (χ1n) is 6.31. The van der Waals surface area contributed by atoms with Crippen molar-refractivity contribution < 1.29 is 14.3 Å². The van der Waals surface area contributed by atoms with Crippen molar-refractivity contribution in [1.29, 1.82) is 0 Å². The van der Waals surface area contributed by atoms with E-state index >= 15 is 0 Å². The van der Waals surface area contributed by atoms with E-state index in [9.17, 15) is 4.79 Å². The third-order valence-electron chi connectivity index (χ3n) is 2.78. The molecular weight excluding hydrogens is 244 g/mol. The highest BCUT2D eigenvalue weighted by atomic mass is 16.5. The second kappa shape index (κ2) is 8.63. The summed E-state index contributed by atoms with van der Waals surface area (Å²) in [5.74, 6) is -0.181. The number of carbonyl (C=O) groups is 1. The fraction of sp³-hybridized carbons (Fsp3) is 0.500. The number of ether oxygens (including phenoxy) is 2. The maximum Gasteiger partial charge on any atom is 0.241 e. The Bertz CT molecular complexity index is 396. The lowest BCUT2D eigenvalue weighted by Gasteiger charge is -2.14. The molecular formula is C14H22N2O3. The molecule has 1 unspecified atom stereocenters. The zero-order valence-corrected chi connectivity index (χ0v) is 11.5. The predicted molar refractivity (Wildman–Crippen MR) is 74.9 cm³/mol. The normalized spacial score (nSPS) is 12.2. The zero-order valence-electron chi connectivity index (χ0n) is 11.5. The van der Waals surface area contributed by atoms with Crippen LogP contribution in [0.5, 0.6) is 0 Å². The molecule has 0 heterocycles. The van der Waals surface area contributed by atoms with Crippen LogP contribution in [0.15, 0.2) is 24.3 Å². The van der Waals surface area contributed by atoms with Crippen molar-refractivity contribution >= 4 is 11.6 Å². The standard InChI is InChI=1S/C14H22N2O3/c1-18-9-5-7-12(15)14(17)16-13-8-4-3-6-11(13)10-19-2/h3-4,6,8,12H,5,7,9-10,15H2,1-2H3,(H,16,17). The first kappa shape index (κ1) is 15.6. The number of nitrogens with two attached hydrogens (primary N) is 1. The highest BCUT2D eigenvalue weighted by Gasteiger charge is 2.14. The van der Waals surface area contributed by atoms with Gasteiger partial charge in [0.1, 0.15) is 0 Å². The average molecular weight is 266 g/mol. The number of carbonyl (C=O) groups excluding carboxylic acids is 1. The largest absolute Gasteiger partial charge is 0.385 e. The lowest BCUT2D eigenvalue weighted by molar-refractivity contribution is -0.117. The minimum atomic E-state index is -0.522. The molecule has 1 rings (SSSR count). The Balaban J connectivity index is 2.55. The number of amides is 1. The molecule has 0 bridgehead atoms. The Morgan fingerprint density at radius 3 is 2.74 bits per heavy atom. The van der Waals surface area contributed by atoms with Gasteiger partial charge >= 0.3 is 0 Å². The zero-order chi connectivity index (χ0) is 14.1. The SMILES string of the molecule is COCCCC(N)C(=O)Nc1ccccc1COC. The molecule has 19 heavy (non-hydrogen) atoms. The van der Waals surface area contributed by atoms with Gasteiger partial charge in [0.25, 0.3) is 0 Å². The number of rotatable bonds is 8. The highest BCUT2D eigenvalue weighted by molar-refractivity contribution is 5.95. The van der Waals surface area contributed by atoms with Crippen LogP contribution in [0.25, 0.3) is 0 Å². The first-order chi connectivity index (χ1) is 9.19. The first-order valence-corrected chi connectivity index (χ1v) is 6.31. The molecule has 1 aromatic carbocycles. The summed E-state index contributed by atoms with van der Waals surface area (Å²) in [6.07, 6.45) is 1.37. The molecule has 106 valence electrons. The Kier molecular flexibility index (Phi) is 7.10. The summed E-state index contributed by atoms with van der Waals surface area (Å²) in [5, 5.41) is 2.84. The van der Waals surface area contributed by atoms with Crippen LogP contribution in [-0.4, -0.2) is 32.8 Å². The van der Waals surface area contributed by atoms with Gasteiger partial charge in [-0.05, 0) is 18.9 Å². The number of hydrogen-bond acceptors (Lipinski definition) is 4. The number of methoxy groups -OCH3 is 2. The van der Waals surface area contributed by atoms with Crippen molar-refractivity contribution in [2.75, 3.05) is 26.1 Å². The van der Waals surface area contributed by atoms with Gasteiger partial charge in [0.2, 0.25) is 5.91 Å². The number of nitrogens with one attached hydrogen (secondary N) is 1. The maximum atomic E-state index is 11.9. The Hall–Kier alpha value is -1.43. The molecule has 0 aromatic heterocycles. The summed E-state index contributed by atoms with van der Waals surface area (Å²) in [5.41, 5.74) is 7.51. The van der Waals surface area contributed by atoms with Gasteiger partial charge in [-0.2, -0.15) is 0 Å². The summed E-state index contributed by atoms with van der Waals surface area (Å²) in [6.45, 7) is 1.07. The molecule has 0 saturated heterocycles. The van der Waals surface area contributed by atoms with Gasteiger partial charge in [0, 0.05) is 32.1 Å². The summed E-state index contributed by atoms with van der Waals surface area (Å²) in [4.78, 5) is 11.9. The molecule has 0 aliphatic heterocycles. The number of benzene rings is 1. The molecule has 1 amide bonds. The predicted octanol–water partition coefficient (Wildman–Crippen LogP) is 1.53. The van der Waals surface area contributed by atoms with Crippen LogP contribution in [0, 0.1) is 0 Å². The van der Waals surface area contributed by atoms with E-state index in [0.717, 1.165) is 17.7 Å². The topological polar surface area (TPSA) is 73.6 Å². The second-order valence-corrected chi connectivity index (χ2v) is 4.32. The van der Waals surface area contributed by atoms with E-state index in [4.69, 9.17) is 15.2 Å². The molecule has 5 nitrogen and oxygen atoms in total. The van der Waals surface area contributed by atoms with Crippen molar-refractivity contribution in [3.05, 3.63) is 29.8 Å². The van der Waals surface area contributed by atoms with Crippen molar-refractivity contribution in [2.45, 2.75) is 25.5 Å². The monoisotopic (exact) mass is 266 g/mol. The van der Waals surface area contributed by atoms with Gasteiger partial charge < -0.3 is 20.5 Å². The second-order valence-electron chi connectivity index (χ2n) is 4.32. The van der Waals surface area contributed by atoms with E-state index in [1.807, 2.05) is 24.3 Å². The van der Waals surface area contributed by atoms with Crippen LogP contribution in [0.1, 0.15) is 18.4 Å². The van der Waals surface area contributed by atoms with E-state index in [2.05, 4.69) is 5.32 Å². The number of hydrogen-bond donors (Lipinski definition) is 2. The van der Waals surface area contributed by atoms with E-state index in [0.29, 0.717) is 19.6 Å². The fourth-order valence-electron chi connectivity index (χ4n) is 1.73. The van der Waals surface area contributed by atoms with Crippen LogP contribution in [0.2, 0.25) is 0 Å². The van der Waals surface area contributed by atoms with Crippen LogP contribution >= 0.6 is 0 Å². The molecule has 0 radical (unpaired) electrons. The van der Waals surface area contributed by atoms with Gasteiger partial charge in [-0.3, -0.25) is 4.79 Å². The number of para-hydroxylation sites is 1. The van der Waals surface area contributed by atoms with E-state index in [1.165, 1.54) is 0 Å². The van der Waals surface area contributed by atoms with Gasteiger partial charge in [-0.1, -0.05) is 18.2 Å². The lowest BCUT2D eigenvalue weighted by Crippen LogP contribution is -2.36. The van der Waals surface area contributed by atoms with Crippen LogP contribution in [0.3, 0.4) is 0 Å². The van der Waals surface area contributed by atoms with Gasteiger partial charge in [-0.25, -0.2) is 0 Å². The van der Waals surface area contributed by atoms with E-state index in [-0.39, 0.29) is 5.91 Å². The smallest absolute Gasteiger partial charge is 0.241 e. The average Bonchev–Trinajstić information content (AvgIpc) is 2.41. The van der Waals surface area contributed by atoms with Gasteiger partial charge in [0.15, 0.2) is 0 Å². The molecule has 5 heteroatoms. The Morgan fingerprint density at radius 2 is 2.05 bits per heavy atom. The van der Waals surface area contributed by atoms with Crippen molar-refractivity contribution in [3.63, 3.8) is 0 Å². The molecule has 0 saturated carbocycles. The molecule has 0 aliphatic carbocycles. The van der Waals surface area contributed by atoms with Crippen molar-refractivity contribution in [3.8, 4) is 0 Å². The molecule has 3 N–H and O–H groups in total. The molecule has 0 aliphatic rings. The third-order valence-corrected chi connectivity index (χ3v) is 2.78. The minimum Gasteiger partial charge on any atom is -0.385 e. The van der Waals surface area contributed by atoms with E-state index in [1.54, 1.807) is 14.2 Å². The van der Waals surface area contributed by atoms with Crippen LogP contribution in [-0.2, 0) is 20.9 Å². The highest BCUT2D eigenvalue weighted by Crippen LogP contribution is 2.16. The summed E-state index contributed by atoms with van der Waals surface area (Å²) < 4.78 is 10.0. The van der Waals surface area contributed by atoms with Gasteiger partial charge in [-0.15, -0.1) is 0 Å². The number of anilines is 1. The maximum absolute atomic E-state index is 11.9. The lowest BCUT2D eigenvalue weighted by atomic mass is 10.1. The fourth-order valence-corrected chi connectivity index (χ4v) is 1.73. The Morgan fingerprint density at radius 1 is 1.32 bits per heavy atom. The molecule has 1 atom stereocenters. The quantitative estimate of drug-likeness (QED) is 0.700. The minimum absolute atomic E-state index is 0.181. The molecule has 0 fully saturated rings. The molecule has 0 spiro atoms. The Labute approximate surface area is 114 Å². The summed E-state index contributed by atoms with van der Waals surface area (Å²) >= 11 is 0. The van der Waals surface area contributed by atoms with E-state index < -0.39 is 6.04 Å². The van der Waals surface area contributed by atoms with Crippen molar-refractivity contribution in [1.82, 2.24) is 0 Å². The van der Waals surface area contributed by atoms with Crippen molar-refractivity contribution in [2.24, 2.45) is 5.73 Å². The van der Waals surface area contributed by atoms with Gasteiger partial charge in [0.05, 0.1) is 12.6 Å². The summed E-state index contributed by atoms with van der Waals surface area (Å²) in [7, 11) is 3.25. The van der Waals surface area contributed by atoms with Crippen LogP contribution in [0.4, 0.5) is 5.69 Å². The summed E-state index contributed by atoms with van der Waals surface area (Å²) in [6, 6.07) is 7.00. The molecule has 1 aromatic rings. The van der Waals surface area contributed by atoms with Crippen LogP contribution < -0.4 is 11.1 Å².